The normalized spacial score (nSPS) is 11.6. The van der Waals surface area contributed by atoms with E-state index in [9.17, 15) is 0 Å². The molecular weight excluding hydrogens is 831 g/mol. The summed E-state index contributed by atoms with van der Waals surface area (Å²) in [6, 6.07) is 90.1. The minimum absolute atomic E-state index is 0.850. The molecule has 0 bridgehead atoms. The van der Waals surface area contributed by atoms with Crippen molar-refractivity contribution in [2.45, 2.75) is 0 Å². The average molecular weight is 872 g/mol. The topological polar surface area (TPSA) is 16.4 Å². The summed E-state index contributed by atoms with van der Waals surface area (Å²) in [6.07, 6.45) is 0. The zero-order chi connectivity index (χ0) is 44.3. The van der Waals surface area contributed by atoms with Gasteiger partial charge in [0.2, 0.25) is 0 Å². The van der Waals surface area contributed by atoms with Crippen LogP contribution in [0.25, 0.3) is 109 Å². The van der Waals surface area contributed by atoms with E-state index < -0.39 is 0 Å². The van der Waals surface area contributed by atoms with Crippen LogP contribution in [0.1, 0.15) is 0 Å². The lowest BCUT2D eigenvalue weighted by Gasteiger charge is -2.28. The van der Waals surface area contributed by atoms with Crippen molar-refractivity contribution in [1.29, 1.82) is 0 Å². The molecule has 67 heavy (non-hydrogen) atoms. The predicted molar refractivity (Wildman–Crippen MR) is 286 cm³/mol. The van der Waals surface area contributed by atoms with Gasteiger partial charge in [0.15, 0.2) is 0 Å². The molecule has 314 valence electrons. The van der Waals surface area contributed by atoms with Gasteiger partial charge < -0.3 is 9.32 Å². The van der Waals surface area contributed by atoms with Crippen LogP contribution in [0.2, 0.25) is 0 Å². The van der Waals surface area contributed by atoms with E-state index in [2.05, 4.69) is 254 Å². The molecule has 0 aliphatic heterocycles. The summed E-state index contributed by atoms with van der Waals surface area (Å²) in [5.74, 6) is 0. The number of anilines is 3. The zero-order valence-corrected chi connectivity index (χ0v) is 37.3. The van der Waals surface area contributed by atoms with Gasteiger partial charge in [0.1, 0.15) is 11.2 Å². The van der Waals surface area contributed by atoms with E-state index in [1.807, 2.05) is 11.3 Å². The molecule has 2 aromatic heterocycles. The monoisotopic (exact) mass is 871 g/mol. The highest BCUT2D eigenvalue weighted by atomic mass is 32.1. The van der Waals surface area contributed by atoms with E-state index in [0.29, 0.717) is 0 Å². The summed E-state index contributed by atoms with van der Waals surface area (Å²) in [7, 11) is 0. The fraction of sp³-hybridized carbons (Fsp3) is 0. The van der Waals surface area contributed by atoms with E-state index in [4.69, 9.17) is 4.42 Å². The van der Waals surface area contributed by atoms with Crippen molar-refractivity contribution in [3.8, 4) is 55.6 Å². The standard InChI is InChI=1S/C64H41NOS/c1-5-16-42(17-6-1)48-31-36-54-59(40-48)66-58-27-15-26-56(62(54)58)65(50-33-28-46(29-34-50)52-35-30-45-22-13-14-25-51(45)61(52)47-23-11-4-12-24-47)57-39-38-53(44-20-9-3-10-21-44)64-63(57)55-37-32-49(41-60(55)67-64)43-18-7-2-8-19-43/h1-41H. The van der Waals surface area contributed by atoms with Crippen LogP contribution in [0.4, 0.5) is 17.1 Å². The van der Waals surface area contributed by atoms with Crippen LogP contribution < -0.4 is 4.90 Å². The Balaban J connectivity index is 1.06. The maximum absolute atomic E-state index is 6.79. The molecule has 0 fully saturated rings. The Labute approximate surface area is 392 Å². The van der Waals surface area contributed by atoms with Gasteiger partial charge in [-0.1, -0.05) is 200 Å². The third-order valence-electron chi connectivity index (χ3n) is 13.3. The van der Waals surface area contributed by atoms with Crippen molar-refractivity contribution in [2.24, 2.45) is 0 Å². The quantitative estimate of drug-likeness (QED) is 0.151. The molecular formula is C64H41NOS. The zero-order valence-electron chi connectivity index (χ0n) is 36.4. The minimum atomic E-state index is 0.850. The average Bonchev–Trinajstić information content (AvgIpc) is 3.98. The summed E-state index contributed by atoms with van der Waals surface area (Å²) in [4.78, 5) is 2.47. The highest BCUT2D eigenvalue weighted by Gasteiger charge is 2.25. The second kappa shape index (κ2) is 16.2. The van der Waals surface area contributed by atoms with Crippen molar-refractivity contribution in [3.63, 3.8) is 0 Å². The van der Waals surface area contributed by atoms with Crippen molar-refractivity contribution < 1.29 is 4.42 Å². The number of hydrogen-bond donors (Lipinski definition) is 0. The fourth-order valence-corrected chi connectivity index (χ4v) is 11.4. The summed E-state index contributed by atoms with van der Waals surface area (Å²) < 4.78 is 9.30. The lowest BCUT2D eigenvalue weighted by molar-refractivity contribution is 0.669. The van der Waals surface area contributed by atoms with E-state index >= 15 is 0 Å². The first-order valence-corrected chi connectivity index (χ1v) is 23.6. The molecule has 0 amide bonds. The SMILES string of the molecule is c1ccc(-c2ccc3c(c2)oc2cccc(N(c4ccc(-c5ccc6ccccc6c5-c5ccccc5)cc4)c4ccc(-c5ccccc5)c5sc6cc(-c7ccccc7)ccc6c45)c23)cc1. The van der Waals surface area contributed by atoms with E-state index in [1.165, 1.54) is 69.9 Å². The Hall–Kier alpha value is -8.50. The molecule has 2 nitrogen and oxygen atoms in total. The molecule has 3 heteroatoms. The molecule has 0 radical (unpaired) electrons. The highest BCUT2D eigenvalue weighted by molar-refractivity contribution is 7.26. The van der Waals surface area contributed by atoms with Crippen molar-refractivity contribution in [3.05, 3.63) is 249 Å². The molecule has 2 heterocycles. The molecule has 0 aliphatic rings. The van der Waals surface area contributed by atoms with Gasteiger partial charge in [-0.15, -0.1) is 11.3 Å². The summed E-state index contributed by atoms with van der Waals surface area (Å²) in [5, 5.41) is 7.08. The number of furan rings is 1. The Bertz CT molecular complexity index is 3950. The maximum Gasteiger partial charge on any atom is 0.137 e. The summed E-state index contributed by atoms with van der Waals surface area (Å²) in [5.41, 5.74) is 16.9. The number of fused-ring (bicyclic) bond motifs is 7. The first kappa shape index (κ1) is 38.9. The number of rotatable bonds is 8. The molecule has 0 spiro atoms. The van der Waals surface area contributed by atoms with Gasteiger partial charge >= 0.3 is 0 Å². The highest BCUT2D eigenvalue weighted by Crippen LogP contribution is 2.51. The van der Waals surface area contributed by atoms with Gasteiger partial charge in [0, 0.05) is 31.2 Å². The van der Waals surface area contributed by atoms with Crippen LogP contribution in [0.15, 0.2) is 253 Å². The molecule has 0 saturated heterocycles. The van der Waals surface area contributed by atoms with Gasteiger partial charge in [-0.3, -0.25) is 0 Å². The summed E-state index contributed by atoms with van der Waals surface area (Å²) >= 11 is 1.88. The summed E-state index contributed by atoms with van der Waals surface area (Å²) in [6.45, 7) is 0. The van der Waals surface area contributed by atoms with E-state index in [-0.39, 0.29) is 0 Å². The predicted octanol–water partition coefficient (Wildman–Crippen LogP) is 18.9. The van der Waals surface area contributed by atoms with Crippen molar-refractivity contribution in [1.82, 2.24) is 0 Å². The lowest BCUT2D eigenvalue weighted by Crippen LogP contribution is -2.11. The molecule has 0 N–H and O–H groups in total. The second-order valence-corrected chi connectivity index (χ2v) is 18.2. The molecule has 0 saturated carbocycles. The molecule has 0 atom stereocenters. The van der Waals surface area contributed by atoms with Crippen molar-refractivity contribution in [2.75, 3.05) is 4.90 Å². The Kier molecular flexibility index (Phi) is 9.40. The van der Waals surface area contributed by atoms with Crippen LogP contribution in [-0.4, -0.2) is 0 Å². The maximum atomic E-state index is 6.79. The molecule has 11 aromatic carbocycles. The molecule has 0 unspecified atom stereocenters. The van der Waals surface area contributed by atoms with Gasteiger partial charge in [-0.25, -0.2) is 0 Å². The number of nitrogens with zero attached hydrogens (tertiary/aromatic N) is 1. The number of thiophene rings is 1. The Morgan fingerprint density at radius 2 is 0.896 bits per heavy atom. The molecule has 0 aliphatic carbocycles. The van der Waals surface area contributed by atoms with Crippen LogP contribution in [0.5, 0.6) is 0 Å². The molecule has 13 aromatic rings. The van der Waals surface area contributed by atoms with Crippen molar-refractivity contribution >= 4 is 81.3 Å². The third-order valence-corrected chi connectivity index (χ3v) is 14.5. The number of hydrogen-bond acceptors (Lipinski definition) is 3. The Morgan fingerprint density at radius 3 is 1.61 bits per heavy atom. The molecule has 13 rings (SSSR count). The smallest absolute Gasteiger partial charge is 0.137 e. The van der Waals surface area contributed by atoms with Gasteiger partial charge in [0.05, 0.1) is 16.8 Å². The lowest BCUT2D eigenvalue weighted by atomic mass is 9.89. The van der Waals surface area contributed by atoms with Crippen LogP contribution in [-0.2, 0) is 0 Å². The first-order valence-electron chi connectivity index (χ1n) is 22.8. The second-order valence-electron chi connectivity index (χ2n) is 17.2. The third kappa shape index (κ3) is 6.71. The van der Waals surface area contributed by atoms with Gasteiger partial charge in [-0.05, 0) is 115 Å². The first-order chi connectivity index (χ1) is 33.2. The largest absolute Gasteiger partial charge is 0.456 e. The van der Waals surface area contributed by atoms with E-state index in [0.717, 1.165) is 55.7 Å². The minimum Gasteiger partial charge on any atom is -0.456 e. The van der Waals surface area contributed by atoms with Gasteiger partial charge in [-0.2, -0.15) is 0 Å². The fourth-order valence-electron chi connectivity index (χ4n) is 10.1. The van der Waals surface area contributed by atoms with E-state index in [1.54, 1.807) is 0 Å². The van der Waals surface area contributed by atoms with Crippen LogP contribution in [0, 0.1) is 0 Å². The van der Waals surface area contributed by atoms with Crippen LogP contribution >= 0.6 is 11.3 Å². The van der Waals surface area contributed by atoms with Gasteiger partial charge in [0.25, 0.3) is 0 Å². The number of benzene rings is 11. The van der Waals surface area contributed by atoms with Crippen LogP contribution in [0.3, 0.4) is 0 Å². The Morgan fingerprint density at radius 1 is 0.328 bits per heavy atom.